The smallest absolute Gasteiger partial charge is 0.272 e. The summed E-state index contributed by atoms with van der Waals surface area (Å²) >= 11 is 1.49. The largest absolute Gasteiger partial charge is 0.506 e. The van der Waals surface area contributed by atoms with Crippen LogP contribution in [-0.2, 0) is 0 Å². The van der Waals surface area contributed by atoms with Crippen LogP contribution >= 0.6 is 23.9 Å². The van der Waals surface area contributed by atoms with Gasteiger partial charge >= 0.3 is 0 Å². The van der Waals surface area contributed by atoms with Crippen LogP contribution in [-0.4, -0.2) is 55.7 Å². The molecular weight excluding hydrogens is 580 g/mol. The van der Waals surface area contributed by atoms with Crippen LogP contribution in [0.1, 0.15) is 41.4 Å². The van der Waals surface area contributed by atoms with Crippen LogP contribution in [0.15, 0.2) is 82.6 Å². The van der Waals surface area contributed by atoms with E-state index in [1.165, 1.54) is 12.1 Å². The Morgan fingerprint density at radius 1 is 0.524 bits per heavy atom. The first-order valence-corrected chi connectivity index (χ1v) is 14.2. The fourth-order valence-corrected chi connectivity index (χ4v) is 6.73. The molecule has 3 aliphatic heterocycles. The molecule has 0 saturated heterocycles. The first kappa shape index (κ1) is 26.0. The molecule has 0 atom stereocenters. The van der Waals surface area contributed by atoms with Gasteiger partial charge in [-0.2, -0.15) is 0 Å². The van der Waals surface area contributed by atoms with Crippen LogP contribution in [0, 0.1) is 0 Å². The average molecular weight is 599 g/mol. The summed E-state index contributed by atoms with van der Waals surface area (Å²) in [5, 5.41) is 23.0. The minimum Gasteiger partial charge on any atom is -0.506 e. The van der Waals surface area contributed by atoms with Gasteiger partial charge in [-0.15, -0.1) is 0 Å². The van der Waals surface area contributed by atoms with Crippen molar-refractivity contribution in [2.24, 2.45) is 0 Å². The maximum absolute atomic E-state index is 13.0. The SMILES string of the molecule is O=C1c2ccccc2C(=O)N1Sc1ccc2c(c1O)-c1c(ccc(SN3C(=O)c4ccccc4C3=O)c1O)OCCO2. The van der Waals surface area contributed by atoms with Gasteiger partial charge in [0.2, 0.25) is 0 Å². The van der Waals surface area contributed by atoms with E-state index < -0.39 is 23.6 Å². The lowest BCUT2D eigenvalue weighted by atomic mass is 10.0. The Balaban J connectivity index is 1.29. The molecule has 0 fully saturated rings. The highest BCUT2D eigenvalue weighted by molar-refractivity contribution is 7.98. The minimum atomic E-state index is -0.519. The monoisotopic (exact) mass is 598 g/mol. The molecule has 208 valence electrons. The third kappa shape index (κ3) is 3.90. The van der Waals surface area contributed by atoms with Gasteiger partial charge in [0.05, 0.1) is 43.2 Å². The van der Waals surface area contributed by atoms with Gasteiger partial charge in [0.1, 0.15) is 36.2 Å². The summed E-state index contributed by atoms with van der Waals surface area (Å²) in [6, 6.07) is 19.0. The fraction of sp³-hybridized carbons (Fsp3) is 0.0667. The van der Waals surface area contributed by atoms with E-state index >= 15 is 0 Å². The average Bonchev–Trinajstić information content (AvgIpc) is 3.37. The summed E-state index contributed by atoms with van der Waals surface area (Å²) in [4.78, 5) is 52.2. The number of rotatable bonds is 4. The molecule has 10 nitrogen and oxygen atoms in total. The van der Waals surface area contributed by atoms with Gasteiger partial charge in [0.25, 0.3) is 23.6 Å². The van der Waals surface area contributed by atoms with Gasteiger partial charge in [-0.1, -0.05) is 24.3 Å². The van der Waals surface area contributed by atoms with Crippen LogP contribution in [0.25, 0.3) is 11.1 Å². The molecule has 0 unspecified atom stereocenters. The minimum absolute atomic E-state index is 0.0635. The van der Waals surface area contributed by atoms with Crippen molar-refractivity contribution in [1.82, 2.24) is 8.61 Å². The molecular formula is C30H18N2O8S2. The molecule has 0 aromatic heterocycles. The van der Waals surface area contributed by atoms with E-state index in [1.807, 2.05) is 0 Å². The van der Waals surface area contributed by atoms with E-state index in [-0.39, 0.29) is 79.4 Å². The van der Waals surface area contributed by atoms with E-state index in [4.69, 9.17) is 9.47 Å². The van der Waals surface area contributed by atoms with Crippen LogP contribution in [0.5, 0.6) is 23.0 Å². The number of fused-ring (bicyclic) bond motifs is 5. The topological polar surface area (TPSA) is 134 Å². The third-order valence-electron chi connectivity index (χ3n) is 6.95. The van der Waals surface area contributed by atoms with Crippen LogP contribution in [0.3, 0.4) is 0 Å². The lowest BCUT2D eigenvalue weighted by molar-refractivity contribution is 0.0760. The van der Waals surface area contributed by atoms with Gasteiger partial charge in [0.15, 0.2) is 0 Å². The highest BCUT2D eigenvalue weighted by atomic mass is 32.2. The van der Waals surface area contributed by atoms with E-state index in [2.05, 4.69) is 0 Å². The van der Waals surface area contributed by atoms with Crippen molar-refractivity contribution in [3.05, 3.63) is 95.1 Å². The molecule has 0 bridgehead atoms. The predicted molar refractivity (Wildman–Crippen MR) is 152 cm³/mol. The number of carbonyl (C=O) groups is 4. The Bertz CT molecular complexity index is 1670. The summed E-state index contributed by atoms with van der Waals surface area (Å²) in [5.41, 5.74) is 1.17. The number of ether oxygens (including phenoxy) is 2. The Kier molecular flexibility index (Phi) is 6.10. The van der Waals surface area contributed by atoms with Gasteiger partial charge in [-0.25, -0.2) is 8.61 Å². The van der Waals surface area contributed by atoms with Crippen molar-refractivity contribution in [3.8, 4) is 34.1 Å². The number of amides is 4. The van der Waals surface area contributed by atoms with Crippen molar-refractivity contribution in [3.63, 3.8) is 0 Å². The molecule has 3 aliphatic rings. The lowest BCUT2D eigenvalue weighted by Crippen LogP contribution is -2.22. The normalized spacial score (nSPS) is 15.3. The van der Waals surface area contributed by atoms with Crippen molar-refractivity contribution in [2.45, 2.75) is 9.79 Å². The first-order valence-electron chi connectivity index (χ1n) is 12.6. The summed E-state index contributed by atoms with van der Waals surface area (Å²) < 4.78 is 13.5. The Morgan fingerprint density at radius 3 is 1.19 bits per heavy atom. The molecule has 12 heteroatoms. The molecule has 4 aromatic carbocycles. The summed E-state index contributed by atoms with van der Waals surface area (Å²) in [6.45, 7) is 0.284. The first-order chi connectivity index (χ1) is 20.3. The highest BCUT2D eigenvalue weighted by Gasteiger charge is 2.39. The fourth-order valence-electron chi connectivity index (χ4n) is 4.98. The molecule has 42 heavy (non-hydrogen) atoms. The second-order valence-corrected chi connectivity index (χ2v) is 11.3. The van der Waals surface area contributed by atoms with E-state index in [1.54, 1.807) is 60.7 Å². The number of aromatic hydroxyl groups is 2. The third-order valence-corrected chi connectivity index (χ3v) is 9.03. The molecule has 0 saturated carbocycles. The number of nitrogens with zero attached hydrogens (tertiary/aromatic N) is 2. The molecule has 7 rings (SSSR count). The zero-order valence-corrected chi connectivity index (χ0v) is 23.0. The van der Waals surface area contributed by atoms with Crippen molar-refractivity contribution >= 4 is 47.5 Å². The van der Waals surface area contributed by atoms with E-state index in [9.17, 15) is 29.4 Å². The van der Waals surface area contributed by atoms with Crippen molar-refractivity contribution in [1.29, 1.82) is 0 Å². The maximum atomic E-state index is 13.0. The van der Waals surface area contributed by atoms with Crippen LogP contribution in [0.2, 0.25) is 0 Å². The molecule has 0 radical (unpaired) electrons. The number of phenols is 2. The van der Waals surface area contributed by atoms with Gasteiger partial charge < -0.3 is 19.7 Å². The Hall–Kier alpha value is -4.94. The molecule has 0 aliphatic carbocycles. The van der Waals surface area contributed by atoms with Crippen molar-refractivity contribution in [2.75, 3.05) is 13.2 Å². The van der Waals surface area contributed by atoms with Gasteiger partial charge in [0, 0.05) is 23.9 Å². The van der Waals surface area contributed by atoms with Gasteiger partial charge in [-0.3, -0.25) is 19.2 Å². The zero-order chi connectivity index (χ0) is 29.1. The highest BCUT2D eigenvalue weighted by Crippen LogP contribution is 2.54. The molecule has 0 spiro atoms. The number of phenolic OH excluding ortho intramolecular Hbond substituents is 2. The molecule has 3 heterocycles. The standard InChI is InChI=1S/C30H18N2O8S2/c33-25-21(41-31-27(35)15-5-1-2-6-16(15)28(31)36)11-9-19-23(25)24-20(40-14-13-39-19)10-12-22(26(24)34)42-32-29(37)17-7-3-4-8-18(17)30(32)38/h1-12,33-34H,13-14H2. The Labute approximate surface area is 246 Å². The van der Waals surface area contributed by atoms with E-state index in [0.29, 0.717) is 0 Å². The van der Waals surface area contributed by atoms with Gasteiger partial charge in [-0.05, 0) is 48.5 Å². The van der Waals surface area contributed by atoms with Crippen LogP contribution in [0.4, 0.5) is 0 Å². The summed E-state index contributed by atoms with van der Waals surface area (Å²) in [6.07, 6.45) is 0. The van der Waals surface area contributed by atoms with E-state index in [0.717, 1.165) is 32.5 Å². The number of carbonyl (C=O) groups excluding carboxylic acids is 4. The molecule has 4 amide bonds. The number of benzene rings is 4. The van der Waals surface area contributed by atoms with Crippen molar-refractivity contribution < 1.29 is 38.9 Å². The zero-order valence-electron chi connectivity index (χ0n) is 21.4. The summed E-state index contributed by atoms with van der Waals surface area (Å²) in [5.74, 6) is -2.35. The second-order valence-electron chi connectivity index (χ2n) is 9.35. The number of imide groups is 2. The maximum Gasteiger partial charge on any atom is 0.272 e. The lowest BCUT2D eigenvalue weighted by Gasteiger charge is -2.24. The quantitative estimate of drug-likeness (QED) is 0.240. The molecule has 2 N–H and O–H groups in total. The number of hydrogen-bond donors (Lipinski definition) is 2. The predicted octanol–water partition coefficient (Wildman–Crippen LogP) is 5.14. The Morgan fingerprint density at radius 2 is 0.857 bits per heavy atom. The molecule has 4 aromatic rings. The second kappa shape index (κ2) is 9.86. The summed E-state index contributed by atoms with van der Waals surface area (Å²) in [7, 11) is 0. The number of hydrogen-bond acceptors (Lipinski definition) is 10. The van der Waals surface area contributed by atoms with Crippen LogP contribution < -0.4 is 9.47 Å².